The number of rotatable bonds is 6. The Balaban J connectivity index is 2.98. The lowest BCUT2D eigenvalue weighted by Gasteiger charge is -2.09. The maximum absolute atomic E-state index is 11.2. The number of primary sulfonamides is 1. The van der Waals surface area contributed by atoms with Crippen LogP contribution in [0.4, 0.5) is 0 Å². The Bertz CT molecular complexity index is 465. The van der Waals surface area contributed by atoms with Crippen molar-refractivity contribution < 1.29 is 13.2 Å². The lowest BCUT2D eigenvalue weighted by Crippen LogP contribution is -2.12. The molecule has 0 bridgehead atoms. The number of hydrogen-bond donors (Lipinski definition) is 1. The van der Waals surface area contributed by atoms with Crippen LogP contribution in [-0.4, -0.2) is 31.2 Å². The summed E-state index contributed by atoms with van der Waals surface area (Å²) >= 11 is 0. The van der Waals surface area contributed by atoms with Crippen molar-refractivity contribution in [1.29, 1.82) is 0 Å². The molecule has 1 aromatic heterocycles. The second-order valence-corrected chi connectivity index (χ2v) is 5.54. The molecule has 2 N–H and O–H groups in total. The van der Waals surface area contributed by atoms with Gasteiger partial charge in [0.15, 0.2) is 5.03 Å². The van der Waals surface area contributed by atoms with E-state index in [1.54, 1.807) is 4.57 Å². The molecule has 0 aliphatic carbocycles. The molecule has 0 fully saturated rings. The van der Waals surface area contributed by atoms with Gasteiger partial charge < -0.3 is 9.30 Å². The van der Waals surface area contributed by atoms with Crippen molar-refractivity contribution in [3.8, 4) is 0 Å². The van der Waals surface area contributed by atoms with E-state index in [9.17, 15) is 8.42 Å². The van der Waals surface area contributed by atoms with Gasteiger partial charge in [0.2, 0.25) is 0 Å². The SMILES string of the molecule is CCOCCn1cc(S(N)(=O)=O)nc1C(C)C. The molecule has 1 aromatic rings. The molecule has 0 atom stereocenters. The summed E-state index contributed by atoms with van der Waals surface area (Å²) in [6.45, 7) is 7.54. The van der Waals surface area contributed by atoms with Crippen molar-refractivity contribution in [3.63, 3.8) is 0 Å². The van der Waals surface area contributed by atoms with Gasteiger partial charge in [0.05, 0.1) is 6.61 Å². The minimum atomic E-state index is -3.74. The molecule has 1 heterocycles. The highest BCUT2D eigenvalue weighted by atomic mass is 32.2. The molecule has 98 valence electrons. The number of hydrogen-bond acceptors (Lipinski definition) is 4. The molecule has 6 nitrogen and oxygen atoms in total. The van der Waals surface area contributed by atoms with Crippen molar-refractivity contribution in [3.05, 3.63) is 12.0 Å². The van der Waals surface area contributed by atoms with Gasteiger partial charge in [-0.1, -0.05) is 13.8 Å². The van der Waals surface area contributed by atoms with Gasteiger partial charge in [-0.05, 0) is 6.92 Å². The Hall–Kier alpha value is -0.920. The van der Waals surface area contributed by atoms with Gasteiger partial charge in [-0.25, -0.2) is 18.5 Å². The molecule has 0 amide bonds. The first-order chi connectivity index (χ1) is 7.86. The molecule has 0 aliphatic rings. The summed E-state index contributed by atoms with van der Waals surface area (Å²) in [4.78, 5) is 4.05. The largest absolute Gasteiger partial charge is 0.380 e. The van der Waals surface area contributed by atoms with Crippen LogP contribution in [0.5, 0.6) is 0 Å². The molecule has 1 rings (SSSR count). The normalized spacial score (nSPS) is 12.3. The van der Waals surface area contributed by atoms with Gasteiger partial charge in [0.25, 0.3) is 10.0 Å². The molecule has 0 unspecified atom stereocenters. The molecular weight excluding hydrogens is 242 g/mol. The van der Waals surface area contributed by atoms with Crippen molar-refractivity contribution in [1.82, 2.24) is 9.55 Å². The Labute approximate surface area is 102 Å². The Morgan fingerprint density at radius 1 is 1.53 bits per heavy atom. The first-order valence-electron chi connectivity index (χ1n) is 5.53. The van der Waals surface area contributed by atoms with Crippen molar-refractivity contribution in [2.45, 2.75) is 38.3 Å². The zero-order valence-corrected chi connectivity index (χ0v) is 11.2. The minimum Gasteiger partial charge on any atom is -0.380 e. The molecule has 0 saturated carbocycles. The molecule has 17 heavy (non-hydrogen) atoms. The molecule has 0 aromatic carbocycles. The minimum absolute atomic E-state index is 0.0855. The van der Waals surface area contributed by atoms with E-state index in [1.807, 2.05) is 20.8 Å². The standard InChI is InChI=1S/C10H19N3O3S/c1-4-16-6-5-13-7-9(17(11,14)15)12-10(13)8(2)3/h7-8H,4-6H2,1-3H3,(H2,11,14,15). The van der Waals surface area contributed by atoms with Crippen LogP contribution in [0.3, 0.4) is 0 Å². The first kappa shape index (κ1) is 14.1. The summed E-state index contributed by atoms with van der Waals surface area (Å²) in [7, 11) is -3.74. The number of aromatic nitrogens is 2. The fraction of sp³-hybridized carbons (Fsp3) is 0.700. The highest BCUT2D eigenvalue weighted by molar-refractivity contribution is 7.89. The van der Waals surface area contributed by atoms with E-state index in [-0.39, 0.29) is 10.9 Å². The van der Waals surface area contributed by atoms with Crippen LogP contribution in [0.2, 0.25) is 0 Å². The summed E-state index contributed by atoms with van der Waals surface area (Å²) in [6.07, 6.45) is 1.46. The Kier molecular flexibility index (Phi) is 4.67. The van der Waals surface area contributed by atoms with E-state index in [0.717, 1.165) is 0 Å². The number of nitrogens with zero attached hydrogens (tertiary/aromatic N) is 2. The van der Waals surface area contributed by atoms with Crippen LogP contribution in [-0.2, 0) is 21.3 Å². The van der Waals surface area contributed by atoms with E-state index >= 15 is 0 Å². The van der Waals surface area contributed by atoms with E-state index in [0.29, 0.717) is 25.6 Å². The summed E-state index contributed by atoms with van der Waals surface area (Å²) in [6, 6.07) is 0. The van der Waals surface area contributed by atoms with Crippen LogP contribution in [0.1, 0.15) is 32.5 Å². The quantitative estimate of drug-likeness (QED) is 0.763. The van der Waals surface area contributed by atoms with Gasteiger partial charge in [-0.15, -0.1) is 0 Å². The average molecular weight is 261 g/mol. The summed E-state index contributed by atoms with van der Waals surface area (Å²) in [5.41, 5.74) is 0. The van der Waals surface area contributed by atoms with E-state index in [1.165, 1.54) is 6.20 Å². The topological polar surface area (TPSA) is 87.2 Å². The second kappa shape index (κ2) is 5.61. The number of imidazole rings is 1. The molecule has 7 heteroatoms. The zero-order chi connectivity index (χ0) is 13.1. The van der Waals surface area contributed by atoms with Gasteiger partial charge in [0.1, 0.15) is 5.82 Å². The molecular formula is C10H19N3O3S. The van der Waals surface area contributed by atoms with Crippen molar-refractivity contribution in [2.24, 2.45) is 5.14 Å². The summed E-state index contributed by atoms with van der Waals surface area (Å²) in [5, 5.41) is 4.97. The molecule has 0 saturated heterocycles. The third kappa shape index (κ3) is 3.79. The third-order valence-corrected chi connectivity index (χ3v) is 3.05. The van der Waals surface area contributed by atoms with Crippen LogP contribution < -0.4 is 5.14 Å². The fourth-order valence-corrected chi connectivity index (χ4v) is 1.98. The fourth-order valence-electron chi connectivity index (χ4n) is 1.49. The van der Waals surface area contributed by atoms with E-state index < -0.39 is 10.0 Å². The lowest BCUT2D eigenvalue weighted by molar-refractivity contribution is 0.138. The van der Waals surface area contributed by atoms with Gasteiger partial charge in [-0.3, -0.25) is 0 Å². The maximum Gasteiger partial charge on any atom is 0.257 e. The predicted octanol–water partition coefficient (Wildman–Crippen LogP) is 0.690. The highest BCUT2D eigenvalue weighted by Gasteiger charge is 2.17. The van der Waals surface area contributed by atoms with Crippen LogP contribution in [0, 0.1) is 0 Å². The number of ether oxygens (including phenoxy) is 1. The molecule has 0 radical (unpaired) electrons. The van der Waals surface area contributed by atoms with E-state index in [2.05, 4.69) is 4.98 Å². The van der Waals surface area contributed by atoms with Gasteiger partial charge >= 0.3 is 0 Å². The van der Waals surface area contributed by atoms with Crippen molar-refractivity contribution >= 4 is 10.0 Å². The van der Waals surface area contributed by atoms with Crippen LogP contribution >= 0.6 is 0 Å². The zero-order valence-electron chi connectivity index (χ0n) is 10.4. The van der Waals surface area contributed by atoms with Gasteiger partial charge in [-0.2, -0.15) is 0 Å². The first-order valence-corrected chi connectivity index (χ1v) is 7.08. The third-order valence-electron chi connectivity index (χ3n) is 2.27. The second-order valence-electron chi connectivity index (χ2n) is 4.03. The van der Waals surface area contributed by atoms with Gasteiger partial charge in [0, 0.05) is 25.3 Å². The monoisotopic (exact) mass is 261 g/mol. The number of nitrogens with two attached hydrogens (primary N) is 1. The molecule has 0 aliphatic heterocycles. The van der Waals surface area contributed by atoms with Crippen LogP contribution in [0.15, 0.2) is 11.2 Å². The lowest BCUT2D eigenvalue weighted by atomic mass is 10.2. The molecule has 0 spiro atoms. The summed E-state index contributed by atoms with van der Waals surface area (Å²) in [5.74, 6) is 0.834. The summed E-state index contributed by atoms with van der Waals surface area (Å²) < 4.78 is 29.5. The van der Waals surface area contributed by atoms with Crippen LogP contribution in [0.25, 0.3) is 0 Å². The Morgan fingerprint density at radius 3 is 2.65 bits per heavy atom. The smallest absolute Gasteiger partial charge is 0.257 e. The van der Waals surface area contributed by atoms with Crippen molar-refractivity contribution in [2.75, 3.05) is 13.2 Å². The maximum atomic E-state index is 11.2. The highest BCUT2D eigenvalue weighted by Crippen LogP contribution is 2.16. The predicted molar refractivity (Wildman–Crippen MR) is 64.2 cm³/mol. The average Bonchev–Trinajstić information content (AvgIpc) is 2.61. The van der Waals surface area contributed by atoms with E-state index in [4.69, 9.17) is 9.88 Å². The number of sulfonamides is 1. The Morgan fingerprint density at radius 2 is 2.18 bits per heavy atom.